The van der Waals surface area contributed by atoms with Gasteiger partial charge < -0.3 is 10.6 Å². The molecular weight excluding hydrogens is 320 g/mol. The first-order chi connectivity index (χ1) is 10.7. The molecule has 1 aromatic carbocycles. The van der Waals surface area contributed by atoms with Crippen LogP contribution in [0.3, 0.4) is 0 Å². The van der Waals surface area contributed by atoms with Crippen molar-refractivity contribution in [3.8, 4) is 0 Å². The van der Waals surface area contributed by atoms with Crippen LogP contribution in [0.5, 0.6) is 0 Å². The van der Waals surface area contributed by atoms with E-state index in [9.17, 15) is 18.5 Å². The summed E-state index contributed by atoms with van der Waals surface area (Å²) in [4.78, 5) is 14.6. The van der Waals surface area contributed by atoms with Crippen molar-refractivity contribution in [3.05, 3.63) is 39.9 Å². The van der Waals surface area contributed by atoms with E-state index in [1.807, 2.05) is 6.92 Å². The highest BCUT2D eigenvalue weighted by Crippen LogP contribution is 2.16. The molecule has 0 bridgehead atoms. The van der Waals surface area contributed by atoms with Gasteiger partial charge in [0.2, 0.25) is 0 Å². The summed E-state index contributed by atoms with van der Waals surface area (Å²) in [5.41, 5.74) is 0.588. The van der Waals surface area contributed by atoms with Crippen LogP contribution in [0.2, 0.25) is 0 Å². The SMILES string of the molecule is CN=C(NCc1ccccc1[N+](=O)[O-])NC(C)CCS(C)(=O)=O. The average Bonchev–Trinajstić information content (AvgIpc) is 2.48. The van der Waals surface area contributed by atoms with E-state index in [-0.39, 0.29) is 24.0 Å². The molecular formula is C14H22N4O4S. The third-order valence-corrected chi connectivity index (χ3v) is 4.14. The number of guanidine groups is 1. The van der Waals surface area contributed by atoms with Gasteiger partial charge in [-0.1, -0.05) is 18.2 Å². The van der Waals surface area contributed by atoms with Crippen molar-refractivity contribution in [2.45, 2.75) is 25.9 Å². The van der Waals surface area contributed by atoms with Crippen LogP contribution in [-0.4, -0.2) is 44.4 Å². The number of sulfone groups is 1. The summed E-state index contributed by atoms with van der Waals surface area (Å²) in [7, 11) is -1.43. The molecule has 0 amide bonds. The average molecular weight is 342 g/mol. The second kappa shape index (κ2) is 8.47. The lowest BCUT2D eigenvalue weighted by Gasteiger charge is -2.17. The highest BCUT2D eigenvalue weighted by Gasteiger charge is 2.13. The molecule has 0 saturated heterocycles. The lowest BCUT2D eigenvalue weighted by molar-refractivity contribution is -0.385. The molecule has 0 heterocycles. The summed E-state index contributed by atoms with van der Waals surface area (Å²) >= 11 is 0. The van der Waals surface area contributed by atoms with Crippen LogP contribution in [0.1, 0.15) is 18.9 Å². The number of nitro benzene ring substituents is 1. The molecule has 1 aromatic rings. The van der Waals surface area contributed by atoms with Crippen molar-refractivity contribution in [1.29, 1.82) is 0 Å². The summed E-state index contributed by atoms with van der Waals surface area (Å²) in [5, 5.41) is 17.0. The van der Waals surface area contributed by atoms with Gasteiger partial charge in [-0.05, 0) is 13.3 Å². The lowest BCUT2D eigenvalue weighted by Crippen LogP contribution is -2.42. The van der Waals surface area contributed by atoms with Crippen LogP contribution in [-0.2, 0) is 16.4 Å². The van der Waals surface area contributed by atoms with E-state index in [1.165, 1.54) is 12.3 Å². The van der Waals surface area contributed by atoms with Crippen molar-refractivity contribution in [2.24, 2.45) is 4.99 Å². The van der Waals surface area contributed by atoms with E-state index >= 15 is 0 Å². The van der Waals surface area contributed by atoms with Gasteiger partial charge >= 0.3 is 0 Å². The number of hydrogen-bond donors (Lipinski definition) is 2. The molecule has 23 heavy (non-hydrogen) atoms. The largest absolute Gasteiger partial charge is 0.354 e. The van der Waals surface area contributed by atoms with Crippen LogP contribution < -0.4 is 10.6 Å². The first-order valence-electron chi connectivity index (χ1n) is 7.10. The maximum atomic E-state index is 11.2. The predicted molar refractivity (Wildman–Crippen MR) is 90.2 cm³/mol. The molecule has 8 nitrogen and oxygen atoms in total. The molecule has 1 unspecified atom stereocenters. The predicted octanol–water partition coefficient (Wildman–Crippen LogP) is 1.08. The Bertz CT molecular complexity index is 673. The molecule has 1 rings (SSSR count). The Morgan fingerprint density at radius 1 is 1.39 bits per heavy atom. The molecule has 0 saturated carbocycles. The van der Waals surface area contributed by atoms with E-state index in [4.69, 9.17) is 0 Å². The van der Waals surface area contributed by atoms with Crippen LogP contribution in [0.4, 0.5) is 5.69 Å². The standard InChI is InChI=1S/C14H22N4O4S/c1-11(8-9-23(3,21)22)17-14(15-2)16-10-12-6-4-5-7-13(12)18(19)20/h4-7,11H,8-10H2,1-3H3,(H2,15,16,17). The van der Waals surface area contributed by atoms with Gasteiger partial charge in [0.1, 0.15) is 9.84 Å². The maximum Gasteiger partial charge on any atom is 0.274 e. The van der Waals surface area contributed by atoms with E-state index in [2.05, 4.69) is 15.6 Å². The number of nitrogens with zero attached hydrogens (tertiary/aromatic N) is 2. The molecule has 0 aliphatic rings. The van der Waals surface area contributed by atoms with E-state index in [0.717, 1.165) is 0 Å². The quantitative estimate of drug-likeness (QED) is 0.332. The monoisotopic (exact) mass is 342 g/mol. The van der Waals surface area contributed by atoms with Gasteiger partial charge in [-0.3, -0.25) is 15.1 Å². The van der Waals surface area contributed by atoms with E-state index in [0.29, 0.717) is 17.9 Å². The van der Waals surface area contributed by atoms with E-state index < -0.39 is 14.8 Å². The topological polar surface area (TPSA) is 114 Å². The van der Waals surface area contributed by atoms with Gasteiger partial charge in [-0.25, -0.2) is 8.42 Å². The van der Waals surface area contributed by atoms with Crippen molar-refractivity contribution in [1.82, 2.24) is 10.6 Å². The molecule has 0 fully saturated rings. The highest BCUT2D eigenvalue weighted by atomic mass is 32.2. The molecule has 1 atom stereocenters. The second-order valence-corrected chi connectivity index (χ2v) is 7.54. The maximum absolute atomic E-state index is 11.2. The zero-order valence-corrected chi connectivity index (χ0v) is 14.3. The van der Waals surface area contributed by atoms with E-state index in [1.54, 1.807) is 25.2 Å². The third kappa shape index (κ3) is 7.09. The number of para-hydroxylation sites is 1. The summed E-state index contributed by atoms with van der Waals surface area (Å²) in [5.74, 6) is 0.548. The van der Waals surface area contributed by atoms with Crippen LogP contribution >= 0.6 is 0 Å². The number of hydrogen-bond acceptors (Lipinski definition) is 5. The first-order valence-corrected chi connectivity index (χ1v) is 9.16. The van der Waals surface area contributed by atoms with Gasteiger partial charge in [0, 0.05) is 37.5 Å². The first kappa shape index (κ1) is 18.9. The fourth-order valence-electron chi connectivity index (χ4n) is 1.91. The van der Waals surface area contributed by atoms with Gasteiger partial charge in [-0.15, -0.1) is 0 Å². The molecule has 128 valence electrons. The van der Waals surface area contributed by atoms with Gasteiger partial charge in [0.05, 0.1) is 10.7 Å². The normalized spacial score (nSPS) is 13.4. The van der Waals surface area contributed by atoms with Crippen molar-refractivity contribution in [2.75, 3.05) is 19.1 Å². The number of benzene rings is 1. The number of nitro groups is 1. The molecule has 0 aliphatic carbocycles. The number of rotatable bonds is 7. The Morgan fingerprint density at radius 2 is 2.04 bits per heavy atom. The van der Waals surface area contributed by atoms with Crippen LogP contribution in [0, 0.1) is 10.1 Å². The third-order valence-electron chi connectivity index (χ3n) is 3.16. The summed E-state index contributed by atoms with van der Waals surface area (Å²) in [6.45, 7) is 2.10. The molecule has 0 spiro atoms. The lowest BCUT2D eigenvalue weighted by atomic mass is 10.2. The Morgan fingerprint density at radius 3 is 2.61 bits per heavy atom. The fourth-order valence-corrected chi connectivity index (χ4v) is 2.69. The second-order valence-electron chi connectivity index (χ2n) is 5.28. The molecule has 2 N–H and O–H groups in total. The van der Waals surface area contributed by atoms with Gasteiger partial charge in [0.15, 0.2) is 5.96 Å². The Labute approximate surface area is 136 Å². The number of aliphatic imine (C=N–C) groups is 1. The zero-order valence-electron chi connectivity index (χ0n) is 13.4. The molecule has 0 radical (unpaired) electrons. The summed E-state index contributed by atoms with van der Waals surface area (Å²) in [6, 6.07) is 6.37. The van der Waals surface area contributed by atoms with Crippen molar-refractivity contribution >= 4 is 21.5 Å². The van der Waals surface area contributed by atoms with Crippen molar-refractivity contribution in [3.63, 3.8) is 0 Å². The minimum Gasteiger partial charge on any atom is -0.354 e. The Kier molecular flexibility index (Phi) is 6.95. The fraction of sp³-hybridized carbons (Fsp3) is 0.500. The van der Waals surface area contributed by atoms with Crippen molar-refractivity contribution < 1.29 is 13.3 Å². The smallest absolute Gasteiger partial charge is 0.274 e. The van der Waals surface area contributed by atoms with Crippen LogP contribution in [0.15, 0.2) is 29.3 Å². The molecule has 0 aliphatic heterocycles. The minimum atomic E-state index is -3.01. The summed E-state index contributed by atoms with van der Waals surface area (Å²) in [6.07, 6.45) is 1.65. The summed E-state index contributed by atoms with van der Waals surface area (Å²) < 4.78 is 22.3. The Balaban J connectivity index is 2.60. The Hall–Kier alpha value is -2.16. The van der Waals surface area contributed by atoms with Crippen LogP contribution in [0.25, 0.3) is 0 Å². The number of nitrogens with one attached hydrogen (secondary N) is 2. The molecule has 0 aromatic heterocycles. The molecule has 9 heteroatoms. The highest BCUT2D eigenvalue weighted by molar-refractivity contribution is 7.90. The minimum absolute atomic E-state index is 0.0422. The van der Waals surface area contributed by atoms with Gasteiger partial charge in [0.25, 0.3) is 5.69 Å². The van der Waals surface area contributed by atoms with Gasteiger partial charge in [-0.2, -0.15) is 0 Å². The zero-order chi connectivity index (χ0) is 17.5.